The summed E-state index contributed by atoms with van der Waals surface area (Å²) >= 11 is 0. The Bertz CT molecular complexity index is 472. The van der Waals surface area contributed by atoms with Gasteiger partial charge in [0.2, 0.25) is 0 Å². The van der Waals surface area contributed by atoms with E-state index in [1.165, 1.54) is 16.5 Å². The smallest absolute Gasteiger partial charge is 0.128 e. The van der Waals surface area contributed by atoms with Crippen LogP contribution in [0.25, 0.3) is 10.9 Å². The highest BCUT2D eigenvalue weighted by Gasteiger charge is 2.16. The van der Waals surface area contributed by atoms with Gasteiger partial charge in [0.15, 0.2) is 0 Å². The van der Waals surface area contributed by atoms with Crippen molar-refractivity contribution in [3.63, 3.8) is 0 Å². The molecule has 1 aromatic carbocycles. The second kappa shape index (κ2) is 2.77. The number of rotatable bonds is 0. The van der Waals surface area contributed by atoms with Crippen molar-refractivity contribution in [2.45, 2.75) is 13.3 Å². The Hall–Kier alpha value is -1.44. The molecule has 0 saturated heterocycles. The maximum Gasteiger partial charge on any atom is 0.128 e. The molecule has 0 saturated carbocycles. The molecule has 1 unspecified atom stereocenters. The van der Waals surface area contributed by atoms with E-state index in [-0.39, 0.29) is 0 Å². The number of aromatic nitrogens is 1. The quantitative estimate of drug-likeness (QED) is 0.674. The van der Waals surface area contributed by atoms with Crippen molar-refractivity contribution in [1.82, 2.24) is 4.98 Å². The van der Waals surface area contributed by atoms with E-state index in [0.717, 1.165) is 18.8 Å². The van der Waals surface area contributed by atoms with Gasteiger partial charge in [-0.1, -0.05) is 13.0 Å². The Balaban J connectivity index is 2.30. The van der Waals surface area contributed by atoms with Crippen LogP contribution in [0.3, 0.4) is 0 Å². The topological polar surface area (TPSA) is 25.0 Å². The fourth-order valence-electron chi connectivity index (χ4n) is 2.17. The van der Waals surface area contributed by atoms with E-state index in [9.17, 15) is 0 Å². The summed E-state index contributed by atoms with van der Waals surface area (Å²) in [5.74, 6) is 1.63. The lowest BCUT2D eigenvalue weighted by Gasteiger charge is -2.07. The first kappa shape index (κ1) is 7.92. The summed E-state index contributed by atoms with van der Waals surface area (Å²) in [7, 11) is 0. The molecule has 2 heteroatoms. The zero-order chi connectivity index (χ0) is 9.54. The van der Waals surface area contributed by atoms with Gasteiger partial charge in [-0.3, -0.25) is 0 Å². The molecule has 2 aromatic rings. The van der Waals surface area contributed by atoms with Gasteiger partial charge in [-0.2, -0.15) is 0 Å². The first-order chi connectivity index (χ1) is 6.84. The van der Waals surface area contributed by atoms with Crippen LogP contribution in [0.5, 0.6) is 5.75 Å². The maximum absolute atomic E-state index is 5.77. The molecule has 1 aliphatic rings. The Labute approximate surface area is 82.9 Å². The zero-order valence-electron chi connectivity index (χ0n) is 8.21. The van der Waals surface area contributed by atoms with Crippen molar-refractivity contribution >= 4 is 10.9 Å². The summed E-state index contributed by atoms with van der Waals surface area (Å²) in [5.41, 5.74) is 2.58. The molecule has 0 amide bonds. The van der Waals surface area contributed by atoms with Crippen molar-refractivity contribution in [2.75, 3.05) is 6.61 Å². The Morgan fingerprint density at radius 1 is 1.43 bits per heavy atom. The lowest BCUT2D eigenvalue weighted by atomic mass is 10.0. The lowest BCUT2D eigenvalue weighted by molar-refractivity contribution is 0.268. The van der Waals surface area contributed by atoms with Crippen LogP contribution in [0.4, 0.5) is 0 Å². The van der Waals surface area contributed by atoms with Crippen LogP contribution in [0.2, 0.25) is 0 Å². The molecule has 1 aliphatic heterocycles. The SMILES string of the molecule is CC1COc2cccc3[nH]cc(c23)C1. The molecule has 0 fully saturated rings. The standard InChI is InChI=1S/C12H13NO/c1-8-5-9-6-13-10-3-2-4-11(12(9)10)14-7-8/h2-4,6,8,13H,5,7H2,1H3. The number of nitrogens with one attached hydrogen (secondary N) is 1. The van der Waals surface area contributed by atoms with Crippen LogP contribution in [0.1, 0.15) is 12.5 Å². The second-order valence-corrected chi connectivity index (χ2v) is 4.11. The largest absolute Gasteiger partial charge is 0.493 e. The first-order valence-corrected chi connectivity index (χ1v) is 5.06. The Morgan fingerprint density at radius 3 is 3.29 bits per heavy atom. The average Bonchev–Trinajstić information content (AvgIpc) is 2.51. The van der Waals surface area contributed by atoms with Gasteiger partial charge < -0.3 is 9.72 Å². The third-order valence-corrected chi connectivity index (χ3v) is 2.84. The third kappa shape index (κ3) is 1.03. The monoisotopic (exact) mass is 187 g/mol. The van der Waals surface area contributed by atoms with Crippen LogP contribution in [-0.2, 0) is 6.42 Å². The number of hydrogen-bond donors (Lipinski definition) is 1. The van der Waals surface area contributed by atoms with E-state index < -0.39 is 0 Å². The molecule has 14 heavy (non-hydrogen) atoms. The second-order valence-electron chi connectivity index (χ2n) is 4.11. The Morgan fingerprint density at radius 2 is 2.36 bits per heavy atom. The minimum atomic E-state index is 0.599. The third-order valence-electron chi connectivity index (χ3n) is 2.84. The summed E-state index contributed by atoms with van der Waals surface area (Å²) < 4.78 is 5.77. The number of hydrogen-bond acceptors (Lipinski definition) is 1. The zero-order valence-corrected chi connectivity index (χ0v) is 8.21. The molecule has 3 rings (SSSR count). The molecule has 2 heterocycles. The van der Waals surface area contributed by atoms with Gasteiger partial charge in [-0.05, 0) is 30.0 Å². The molecular weight excluding hydrogens is 174 g/mol. The summed E-state index contributed by atoms with van der Waals surface area (Å²) in [6, 6.07) is 6.19. The van der Waals surface area contributed by atoms with Crippen molar-refractivity contribution in [3.8, 4) is 5.75 Å². The summed E-state index contributed by atoms with van der Waals surface area (Å²) in [4.78, 5) is 3.29. The van der Waals surface area contributed by atoms with Crippen LogP contribution in [0.15, 0.2) is 24.4 Å². The van der Waals surface area contributed by atoms with Crippen molar-refractivity contribution < 1.29 is 4.74 Å². The van der Waals surface area contributed by atoms with E-state index in [4.69, 9.17) is 4.74 Å². The van der Waals surface area contributed by atoms with Gasteiger partial charge in [0.05, 0.1) is 6.61 Å². The molecule has 0 aliphatic carbocycles. The maximum atomic E-state index is 5.77. The van der Waals surface area contributed by atoms with Gasteiger partial charge in [-0.15, -0.1) is 0 Å². The highest BCUT2D eigenvalue weighted by Crippen LogP contribution is 2.32. The van der Waals surface area contributed by atoms with Gasteiger partial charge >= 0.3 is 0 Å². The lowest BCUT2D eigenvalue weighted by Crippen LogP contribution is -2.08. The van der Waals surface area contributed by atoms with Crippen molar-refractivity contribution in [1.29, 1.82) is 0 Å². The predicted molar refractivity (Wildman–Crippen MR) is 56.7 cm³/mol. The summed E-state index contributed by atoms with van der Waals surface area (Å²) in [5, 5.41) is 1.27. The molecule has 0 spiro atoms. The fraction of sp³-hybridized carbons (Fsp3) is 0.333. The van der Waals surface area contributed by atoms with Gasteiger partial charge in [0.1, 0.15) is 5.75 Å². The van der Waals surface area contributed by atoms with E-state index >= 15 is 0 Å². The van der Waals surface area contributed by atoms with E-state index in [2.05, 4.69) is 30.2 Å². The molecule has 1 N–H and O–H groups in total. The molecular formula is C12H13NO. The van der Waals surface area contributed by atoms with E-state index in [1.54, 1.807) is 0 Å². The first-order valence-electron chi connectivity index (χ1n) is 5.06. The van der Waals surface area contributed by atoms with Gasteiger partial charge in [0, 0.05) is 17.1 Å². The molecule has 0 bridgehead atoms. The highest BCUT2D eigenvalue weighted by atomic mass is 16.5. The van der Waals surface area contributed by atoms with Crippen LogP contribution in [-0.4, -0.2) is 11.6 Å². The average molecular weight is 187 g/mol. The number of aromatic amines is 1. The molecule has 1 aromatic heterocycles. The van der Waals surface area contributed by atoms with Crippen molar-refractivity contribution in [2.24, 2.45) is 5.92 Å². The molecule has 0 radical (unpaired) electrons. The van der Waals surface area contributed by atoms with Crippen molar-refractivity contribution in [3.05, 3.63) is 30.0 Å². The minimum absolute atomic E-state index is 0.599. The normalized spacial score (nSPS) is 20.5. The number of H-pyrrole nitrogens is 1. The Kier molecular flexibility index (Phi) is 1.57. The van der Waals surface area contributed by atoms with Gasteiger partial charge in [0.25, 0.3) is 0 Å². The van der Waals surface area contributed by atoms with Crippen LogP contribution < -0.4 is 4.74 Å². The number of ether oxygens (including phenoxy) is 1. The van der Waals surface area contributed by atoms with Gasteiger partial charge in [-0.25, -0.2) is 0 Å². The highest BCUT2D eigenvalue weighted by molar-refractivity contribution is 5.89. The predicted octanol–water partition coefficient (Wildman–Crippen LogP) is 2.74. The molecule has 1 atom stereocenters. The molecule has 72 valence electrons. The van der Waals surface area contributed by atoms with Crippen LogP contribution in [0, 0.1) is 5.92 Å². The van der Waals surface area contributed by atoms with E-state index in [0.29, 0.717) is 5.92 Å². The molecule has 2 nitrogen and oxygen atoms in total. The number of benzene rings is 1. The van der Waals surface area contributed by atoms with E-state index in [1.807, 2.05) is 6.07 Å². The fourth-order valence-corrected chi connectivity index (χ4v) is 2.17. The summed E-state index contributed by atoms with van der Waals surface area (Å²) in [6.45, 7) is 3.05. The summed E-state index contributed by atoms with van der Waals surface area (Å²) in [6.07, 6.45) is 3.22. The minimum Gasteiger partial charge on any atom is -0.493 e. The van der Waals surface area contributed by atoms with Crippen LogP contribution >= 0.6 is 0 Å².